The van der Waals surface area contributed by atoms with E-state index in [2.05, 4.69) is 4.98 Å². The number of Topliss-reactive ketones (excluding diaryl/α,β-unsaturated/α-hetero) is 1. The second-order valence-corrected chi connectivity index (χ2v) is 10.6. The molecule has 0 unspecified atom stereocenters. The molecule has 0 atom stereocenters. The normalized spacial score (nSPS) is 18.5. The van der Waals surface area contributed by atoms with Gasteiger partial charge in [0, 0.05) is 25.7 Å². The number of carbonyl (C=O) groups is 1. The van der Waals surface area contributed by atoms with Gasteiger partial charge in [-0.15, -0.1) is 0 Å². The molecule has 0 N–H and O–H groups in total. The zero-order valence-electron chi connectivity index (χ0n) is 18.5. The Balaban J connectivity index is 0.000000623. The molecule has 1 aliphatic rings. The fourth-order valence-corrected chi connectivity index (χ4v) is 5.73. The van der Waals surface area contributed by atoms with E-state index >= 15 is 0 Å². The number of imidazole rings is 1. The molecular formula is C23H22F6N2O3S. The summed E-state index contributed by atoms with van der Waals surface area (Å²) in [6, 6.07) is 9.32. The van der Waals surface area contributed by atoms with Crippen LogP contribution in [0, 0.1) is 5.92 Å². The zero-order valence-corrected chi connectivity index (χ0v) is 19.3. The Bertz CT molecular complexity index is 1250. The minimum atomic E-state index is -4.59. The Hall–Kier alpha value is -2.89. The predicted octanol–water partition coefficient (Wildman–Crippen LogP) is 6.14. The molecule has 0 saturated heterocycles. The molecule has 1 aliphatic carbocycles. The molecule has 0 spiro atoms. The first-order chi connectivity index (χ1) is 16.1. The van der Waals surface area contributed by atoms with Gasteiger partial charge in [-0.25, -0.2) is 13.4 Å². The van der Waals surface area contributed by atoms with Crippen molar-refractivity contribution in [2.75, 3.05) is 0 Å². The van der Waals surface area contributed by atoms with Gasteiger partial charge in [-0.2, -0.15) is 26.3 Å². The van der Waals surface area contributed by atoms with E-state index in [1.165, 1.54) is 6.07 Å². The molecule has 0 bridgehead atoms. The highest BCUT2D eigenvalue weighted by Crippen LogP contribution is 2.40. The van der Waals surface area contributed by atoms with Gasteiger partial charge in [0.1, 0.15) is 11.3 Å². The van der Waals surface area contributed by atoms with Gasteiger partial charge in [0.25, 0.3) is 0 Å². The number of ketones is 1. The number of halogens is 6. The number of alkyl halides is 6. The molecule has 0 radical (unpaired) electrons. The van der Waals surface area contributed by atoms with Crippen LogP contribution < -0.4 is 0 Å². The molecule has 1 fully saturated rings. The van der Waals surface area contributed by atoms with E-state index < -0.39 is 33.0 Å². The summed E-state index contributed by atoms with van der Waals surface area (Å²) in [6.45, 7) is 0.188. The first kappa shape index (κ1) is 26.7. The van der Waals surface area contributed by atoms with Crippen LogP contribution in [0.3, 0.4) is 0 Å². The zero-order chi connectivity index (χ0) is 26.0. The van der Waals surface area contributed by atoms with E-state index in [0.29, 0.717) is 36.7 Å². The van der Waals surface area contributed by atoms with Crippen molar-refractivity contribution in [3.8, 4) is 0 Å². The maximum Gasteiger partial charge on any atom is 0.416 e. The first-order valence-corrected chi connectivity index (χ1v) is 12.1. The number of pyridine rings is 1. The highest BCUT2D eigenvalue weighted by molar-refractivity contribution is 7.92. The molecule has 2 aromatic heterocycles. The number of hydrogen-bond donors (Lipinski definition) is 0. The van der Waals surface area contributed by atoms with Gasteiger partial charge in [-0.3, -0.25) is 4.79 Å². The van der Waals surface area contributed by atoms with Crippen LogP contribution in [0.4, 0.5) is 26.3 Å². The molecule has 35 heavy (non-hydrogen) atoms. The van der Waals surface area contributed by atoms with Gasteiger partial charge in [0.05, 0.1) is 15.7 Å². The molecule has 12 heteroatoms. The number of hydrogen-bond acceptors (Lipinski definition) is 4. The summed E-state index contributed by atoms with van der Waals surface area (Å²) >= 11 is 0. The average Bonchev–Trinajstić information content (AvgIpc) is 3.15. The molecule has 3 aromatic rings. The van der Waals surface area contributed by atoms with Crippen LogP contribution in [-0.2, 0) is 16.0 Å². The lowest BCUT2D eigenvalue weighted by Gasteiger charge is -2.34. The summed E-state index contributed by atoms with van der Waals surface area (Å²) < 4.78 is 96.7. The molecule has 0 amide bonds. The number of benzene rings is 1. The number of nitrogens with zero attached hydrogens (tertiary/aromatic N) is 2. The van der Waals surface area contributed by atoms with E-state index in [1.54, 1.807) is 22.9 Å². The van der Waals surface area contributed by atoms with Crippen LogP contribution in [0.5, 0.6) is 0 Å². The maximum absolute atomic E-state index is 12.9. The fraction of sp³-hybridized carbons (Fsp3) is 0.391. The second kappa shape index (κ2) is 10.00. The molecule has 0 aliphatic heterocycles. The largest absolute Gasteiger partial charge is 0.416 e. The van der Waals surface area contributed by atoms with Gasteiger partial charge in [0.15, 0.2) is 15.6 Å². The first-order valence-electron chi connectivity index (χ1n) is 10.6. The number of carbonyl (C=O) groups excluding carboxylic acids is 1. The van der Waals surface area contributed by atoms with Crippen molar-refractivity contribution in [1.29, 1.82) is 0 Å². The molecule has 1 saturated carbocycles. The molecule has 4 rings (SSSR count). The average molecular weight is 520 g/mol. The summed E-state index contributed by atoms with van der Waals surface area (Å²) in [6.07, 6.45) is -3.65. The minimum absolute atomic E-state index is 0.0524. The van der Waals surface area contributed by atoms with Crippen LogP contribution in [0.2, 0.25) is 0 Å². The van der Waals surface area contributed by atoms with Gasteiger partial charge in [-0.1, -0.05) is 12.1 Å². The van der Waals surface area contributed by atoms with Crippen molar-refractivity contribution in [3.63, 3.8) is 0 Å². The smallest absolute Gasteiger partial charge is 0.306 e. The summed E-state index contributed by atoms with van der Waals surface area (Å²) in [4.78, 5) is 16.4. The van der Waals surface area contributed by atoms with Gasteiger partial charge in [0.2, 0.25) is 0 Å². The monoisotopic (exact) mass is 520 g/mol. The molecule has 1 aromatic carbocycles. The van der Waals surface area contributed by atoms with E-state index in [1.807, 2.05) is 12.1 Å². The van der Waals surface area contributed by atoms with Gasteiger partial charge < -0.3 is 4.40 Å². The van der Waals surface area contributed by atoms with Crippen LogP contribution >= 0.6 is 0 Å². The van der Waals surface area contributed by atoms with Crippen LogP contribution in [0.15, 0.2) is 59.8 Å². The number of sulfone groups is 1. The Morgan fingerprint density at radius 3 is 2.31 bits per heavy atom. The van der Waals surface area contributed by atoms with E-state index in [0.717, 1.165) is 12.1 Å². The minimum Gasteiger partial charge on any atom is -0.306 e. The van der Waals surface area contributed by atoms with Crippen molar-refractivity contribution in [2.45, 2.75) is 55.1 Å². The van der Waals surface area contributed by atoms with Crippen LogP contribution in [0.25, 0.3) is 5.65 Å². The Kier molecular flexibility index (Phi) is 7.63. The third kappa shape index (κ3) is 7.06. The topological polar surface area (TPSA) is 68.5 Å². The standard InChI is InChI=1S/C21H19F3N2O3S.C2H3F3/c22-21(23,24)15-4-3-5-16(12-15)30(28,29)17-10-14(11-17)7-8-19(27)18-13-26-9-2-1-6-20(26)25-18;1-2(3,4)5/h1-6,9,12-14,17H,7-8,10-11H2;1H3. The van der Waals surface area contributed by atoms with E-state index in [9.17, 15) is 39.6 Å². The van der Waals surface area contributed by atoms with Crippen LogP contribution in [0.1, 0.15) is 48.7 Å². The third-order valence-corrected chi connectivity index (χ3v) is 7.72. The molecular weight excluding hydrogens is 498 g/mol. The number of aromatic nitrogens is 2. The van der Waals surface area contributed by atoms with Gasteiger partial charge in [-0.05, 0) is 55.5 Å². The quantitative estimate of drug-likeness (QED) is 0.289. The lowest BCUT2D eigenvalue weighted by Crippen LogP contribution is -2.36. The lowest BCUT2D eigenvalue weighted by molar-refractivity contribution is -0.137. The maximum atomic E-state index is 12.9. The van der Waals surface area contributed by atoms with E-state index in [-0.39, 0.29) is 29.9 Å². The van der Waals surface area contributed by atoms with Crippen LogP contribution in [-0.4, -0.2) is 35.0 Å². The Morgan fingerprint density at radius 1 is 1.06 bits per heavy atom. The summed E-state index contributed by atoms with van der Waals surface area (Å²) in [7, 11) is -3.83. The summed E-state index contributed by atoms with van der Waals surface area (Å²) in [5, 5.41) is -0.712. The summed E-state index contributed by atoms with van der Waals surface area (Å²) in [5.74, 6) is -0.0561. The number of rotatable bonds is 6. The highest BCUT2D eigenvalue weighted by atomic mass is 32.2. The second-order valence-electron chi connectivity index (χ2n) is 8.37. The van der Waals surface area contributed by atoms with Crippen molar-refractivity contribution in [3.05, 3.63) is 66.1 Å². The Morgan fingerprint density at radius 2 is 1.71 bits per heavy atom. The molecule has 190 valence electrons. The van der Waals surface area contributed by atoms with Gasteiger partial charge >= 0.3 is 12.4 Å². The summed E-state index contributed by atoms with van der Waals surface area (Å²) in [5.41, 5.74) is 0.0721. The van der Waals surface area contributed by atoms with Crippen molar-refractivity contribution >= 4 is 21.3 Å². The SMILES string of the molecule is CC(F)(F)F.O=C(CCC1CC(S(=O)(=O)c2cccc(C(F)(F)F)c2)C1)c1cn2ccccc2n1. The Labute approximate surface area is 197 Å². The highest BCUT2D eigenvalue weighted by Gasteiger charge is 2.40. The van der Waals surface area contributed by atoms with E-state index in [4.69, 9.17) is 0 Å². The molecule has 2 heterocycles. The number of fused-ring (bicyclic) bond motifs is 1. The predicted molar refractivity (Wildman–Crippen MR) is 116 cm³/mol. The van der Waals surface area contributed by atoms with Crippen molar-refractivity contribution in [2.24, 2.45) is 5.92 Å². The van der Waals surface area contributed by atoms with Crippen molar-refractivity contribution < 1.29 is 39.6 Å². The fourth-order valence-electron chi connectivity index (χ4n) is 3.74. The lowest BCUT2D eigenvalue weighted by atomic mass is 9.81. The third-order valence-electron chi connectivity index (χ3n) is 5.55. The van der Waals surface area contributed by atoms with Crippen molar-refractivity contribution in [1.82, 2.24) is 9.38 Å². The molecule has 5 nitrogen and oxygen atoms in total.